The Morgan fingerprint density at radius 3 is 2.65 bits per heavy atom. The van der Waals surface area contributed by atoms with Crippen LogP contribution < -0.4 is 5.32 Å². The summed E-state index contributed by atoms with van der Waals surface area (Å²) in [5.41, 5.74) is 3.83. The van der Waals surface area contributed by atoms with Gasteiger partial charge >= 0.3 is 0 Å². The van der Waals surface area contributed by atoms with Crippen molar-refractivity contribution in [2.75, 3.05) is 6.54 Å². The number of benzene rings is 1. The SMILES string of the molecule is Cc1cc2nc(CCNC(C)C)sc2cc1C. The van der Waals surface area contributed by atoms with Crippen LogP contribution >= 0.6 is 11.3 Å². The van der Waals surface area contributed by atoms with Crippen molar-refractivity contribution in [2.45, 2.75) is 40.2 Å². The molecule has 92 valence electrons. The van der Waals surface area contributed by atoms with Gasteiger partial charge in [-0.2, -0.15) is 0 Å². The highest BCUT2D eigenvalue weighted by atomic mass is 32.1. The standard InChI is InChI=1S/C14H20N2S/c1-9(2)15-6-5-14-16-12-7-10(3)11(4)8-13(12)17-14/h7-9,15H,5-6H2,1-4H3. The third-order valence-corrected chi connectivity index (χ3v) is 4.02. The molecule has 2 nitrogen and oxygen atoms in total. The maximum atomic E-state index is 4.69. The molecule has 2 aromatic rings. The predicted molar refractivity (Wildman–Crippen MR) is 75.9 cm³/mol. The van der Waals surface area contributed by atoms with Gasteiger partial charge in [0.15, 0.2) is 0 Å². The van der Waals surface area contributed by atoms with Crippen molar-refractivity contribution in [3.63, 3.8) is 0 Å². The second-order valence-electron chi connectivity index (χ2n) is 4.87. The quantitative estimate of drug-likeness (QED) is 0.896. The lowest BCUT2D eigenvalue weighted by Crippen LogP contribution is -2.24. The van der Waals surface area contributed by atoms with Crippen molar-refractivity contribution in [1.29, 1.82) is 0 Å². The Balaban J connectivity index is 2.14. The number of aromatic nitrogens is 1. The molecule has 0 amide bonds. The molecule has 1 aromatic carbocycles. The van der Waals surface area contributed by atoms with Crippen molar-refractivity contribution in [3.8, 4) is 0 Å². The van der Waals surface area contributed by atoms with Gasteiger partial charge in [-0.25, -0.2) is 4.98 Å². The van der Waals surface area contributed by atoms with Gasteiger partial charge in [0, 0.05) is 19.0 Å². The van der Waals surface area contributed by atoms with Crippen molar-refractivity contribution in [1.82, 2.24) is 10.3 Å². The van der Waals surface area contributed by atoms with Crippen LogP contribution in [0.15, 0.2) is 12.1 Å². The number of nitrogens with one attached hydrogen (secondary N) is 1. The summed E-state index contributed by atoms with van der Waals surface area (Å²) < 4.78 is 1.31. The fraction of sp³-hybridized carbons (Fsp3) is 0.500. The first-order chi connectivity index (χ1) is 8.06. The van der Waals surface area contributed by atoms with Crippen LogP contribution in [0.3, 0.4) is 0 Å². The molecule has 2 rings (SSSR count). The Bertz CT molecular complexity index is 475. The second-order valence-corrected chi connectivity index (χ2v) is 5.99. The molecule has 1 aromatic heterocycles. The van der Waals surface area contributed by atoms with Gasteiger partial charge in [0.1, 0.15) is 0 Å². The molecule has 0 bridgehead atoms. The molecule has 0 radical (unpaired) electrons. The summed E-state index contributed by atoms with van der Waals surface area (Å²) in [5, 5.41) is 4.66. The van der Waals surface area contributed by atoms with Crippen molar-refractivity contribution in [3.05, 3.63) is 28.3 Å². The highest BCUT2D eigenvalue weighted by Crippen LogP contribution is 2.25. The summed E-state index contributed by atoms with van der Waals surface area (Å²) in [6, 6.07) is 5.00. The van der Waals surface area contributed by atoms with Gasteiger partial charge in [0.25, 0.3) is 0 Å². The van der Waals surface area contributed by atoms with Gasteiger partial charge < -0.3 is 5.32 Å². The summed E-state index contributed by atoms with van der Waals surface area (Å²) in [7, 11) is 0. The van der Waals surface area contributed by atoms with Crippen LogP contribution in [0.2, 0.25) is 0 Å². The normalized spacial score (nSPS) is 11.6. The van der Waals surface area contributed by atoms with E-state index < -0.39 is 0 Å². The molecule has 0 fully saturated rings. The van der Waals surface area contributed by atoms with Gasteiger partial charge in [0.05, 0.1) is 15.2 Å². The van der Waals surface area contributed by atoms with E-state index in [4.69, 9.17) is 4.98 Å². The van der Waals surface area contributed by atoms with Crippen LogP contribution in [-0.4, -0.2) is 17.6 Å². The fourth-order valence-electron chi connectivity index (χ4n) is 1.80. The summed E-state index contributed by atoms with van der Waals surface area (Å²) in [4.78, 5) is 4.69. The maximum absolute atomic E-state index is 4.69. The highest BCUT2D eigenvalue weighted by molar-refractivity contribution is 7.18. The molecule has 3 heteroatoms. The molecule has 1 N–H and O–H groups in total. The van der Waals surface area contributed by atoms with Crippen LogP contribution in [0.5, 0.6) is 0 Å². The predicted octanol–water partition coefficient (Wildman–Crippen LogP) is 3.45. The van der Waals surface area contributed by atoms with Crippen LogP contribution in [0.1, 0.15) is 30.0 Å². The first-order valence-electron chi connectivity index (χ1n) is 6.16. The van der Waals surface area contributed by atoms with Crippen LogP contribution in [-0.2, 0) is 6.42 Å². The summed E-state index contributed by atoms with van der Waals surface area (Å²) in [5.74, 6) is 0. The minimum atomic E-state index is 0.550. The van der Waals surface area contributed by atoms with E-state index in [-0.39, 0.29) is 0 Å². The molecule has 0 saturated carbocycles. The number of thiazole rings is 1. The minimum Gasteiger partial charge on any atom is -0.314 e. The van der Waals surface area contributed by atoms with E-state index in [2.05, 4.69) is 45.1 Å². The Hall–Kier alpha value is -0.930. The van der Waals surface area contributed by atoms with Crippen LogP contribution in [0.25, 0.3) is 10.2 Å². The maximum Gasteiger partial charge on any atom is 0.0951 e. The highest BCUT2D eigenvalue weighted by Gasteiger charge is 2.05. The third kappa shape index (κ3) is 3.05. The largest absolute Gasteiger partial charge is 0.314 e. The molecule has 17 heavy (non-hydrogen) atoms. The molecule has 0 unspecified atom stereocenters. The molecular weight excluding hydrogens is 228 g/mol. The van der Waals surface area contributed by atoms with Crippen LogP contribution in [0, 0.1) is 13.8 Å². The van der Waals surface area contributed by atoms with Gasteiger partial charge in [0.2, 0.25) is 0 Å². The zero-order valence-corrected chi connectivity index (χ0v) is 11.8. The number of aryl methyl sites for hydroxylation is 2. The van der Waals surface area contributed by atoms with Gasteiger partial charge in [-0.05, 0) is 37.1 Å². The molecule has 1 heterocycles. The lowest BCUT2D eigenvalue weighted by Gasteiger charge is -2.05. The Kier molecular flexibility index (Phi) is 3.79. The van der Waals surface area contributed by atoms with E-state index >= 15 is 0 Å². The van der Waals surface area contributed by atoms with Crippen molar-refractivity contribution >= 4 is 21.6 Å². The topological polar surface area (TPSA) is 24.9 Å². The van der Waals surface area contributed by atoms with E-state index in [1.165, 1.54) is 20.8 Å². The molecule has 0 saturated heterocycles. The Labute approximate surface area is 107 Å². The molecule has 0 spiro atoms. The zero-order chi connectivity index (χ0) is 12.4. The molecule has 0 aliphatic carbocycles. The van der Waals surface area contributed by atoms with E-state index in [1.807, 2.05) is 11.3 Å². The first kappa shape index (κ1) is 12.5. The van der Waals surface area contributed by atoms with Gasteiger partial charge in [-0.15, -0.1) is 11.3 Å². The van der Waals surface area contributed by atoms with Crippen LogP contribution in [0.4, 0.5) is 0 Å². The minimum absolute atomic E-state index is 0.550. The molecule has 0 atom stereocenters. The summed E-state index contributed by atoms with van der Waals surface area (Å²) >= 11 is 1.82. The smallest absolute Gasteiger partial charge is 0.0951 e. The number of hydrogen-bond donors (Lipinski definition) is 1. The summed E-state index contributed by atoms with van der Waals surface area (Å²) in [6.07, 6.45) is 1.02. The van der Waals surface area contributed by atoms with E-state index in [0.29, 0.717) is 6.04 Å². The summed E-state index contributed by atoms with van der Waals surface area (Å²) in [6.45, 7) is 9.66. The number of nitrogens with zero attached hydrogens (tertiary/aromatic N) is 1. The fourth-order valence-corrected chi connectivity index (χ4v) is 2.85. The number of fused-ring (bicyclic) bond motifs is 1. The average Bonchev–Trinajstić information content (AvgIpc) is 2.60. The van der Waals surface area contributed by atoms with E-state index in [1.54, 1.807) is 0 Å². The zero-order valence-electron chi connectivity index (χ0n) is 11.0. The van der Waals surface area contributed by atoms with Gasteiger partial charge in [-0.1, -0.05) is 13.8 Å². The third-order valence-electron chi connectivity index (χ3n) is 2.94. The lowest BCUT2D eigenvalue weighted by molar-refractivity contribution is 0.590. The molecule has 0 aliphatic rings. The lowest BCUT2D eigenvalue weighted by atomic mass is 10.1. The average molecular weight is 248 g/mol. The van der Waals surface area contributed by atoms with E-state index in [0.717, 1.165) is 18.5 Å². The van der Waals surface area contributed by atoms with E-state index in [9.17, 15) is 0 Å². The van der Waals surface area contributed by atoms with Gasteiger partial charge in [-0.3, -0.25) is 0 Å². The second kappa shape index (κ2) is 5.15. The monoisotopic (exact) mass is 248 g/mol. The van der Waals surface area contributed by atoms with Crippen molar-refractivity contribution in [2.24, 2.45) is 0 Å². The molecular formula is C14H20N2S. The van der Waals surface area contributed by atoms with Crippen molar-refractivity contribution < 1.29 is 0 Å². The Morgan fingerprint density at radius 2 is 1.94 bits per heavy atom. The Morgan fingerprint density at radius 1 is 1.24 bits per heavy atom. The first-order valence-corrected chi connectivity index (χ1v) is 6.98. The molecule has 0 aliphatic heterocycles. The number of rotatable bonds is 4. The number of hydrogen-bond acceptors (Lipinski definition) is 3.